The number of oxime groups is 1. The van der Waals surface area contributed by atoms with E-state index in [2.05, 4.69) is 10.1 Å². The molecule has 0 fully saturated rings. The Labute approximate surface area is 138 Å². The van der Waals surface area contributed by atoms with E-state index in [1.165, 1.54) is 12.4 Å². The Balaban J connectivity index is 1.69. The third-order valence-corrected chi connectivity index (χ3v) is 2.99. The molecular weight excluding hydrogens is 320 g/mol. The van der Waals surface area contributed by atoms with Gasteiger partial charge in [-0.2, -0.15) is 0 Å². The molecule has 0 N–H and O–H groups in total. The second-order valence-corrected chi connectivity index (χ2v) is 4.82. The lowest BCUT2D eigenvalue weighted by Crippen LogP contribution is -2.10. The normalized spacial score (nSPS) is 10.5. The highest BCUT2D eigenvalue weighted by molar-refractivity contribution is 6.29. The molecule has 23 heavy (non-hydrogen) atoms. The lowest BCUT2D eigenvalue weighted by Gasteiger charge is -2.03. The van der Waals surface area contributed by atoms with Crippen molar-refractivity contribution in [3.63, 3.8) is 0 Å². The van der Waals surface area contributed by atoms with Crippen LogP contribution in [0.15, 0.2) is 47.8 Å². The van der Waals surface area contributed by atoms with Gasteiger partial charge in [-0.05, 0) is 35.9 Å². The van der Waals surface area contributed by atoms with E-state index in [1.807, 2.05) is 12.1 Å². The standard InChI is InChI=1S/C16H15ClN2O4/c1-21-14-5-2-12(3-6-14)9-19-23-11-16(20)22-10-13-4-7-15(17)18-8-13/h2-9H,10-11H2,1H3/b19-9+. The zero-order valence-electron chi connectivity index (χ0n) is 12.4. The number of aromatic nitrogens is 1. The molecule has 0 aliphatic carbocycles. The van der Waals surface area contributed by atoms with E-state index in [-0.39, 0.29) is 13.2 Å². The first-order valence-corrected chi connectivity index (χ1v) is 7.10. The quantitative estimate of drug-likeness (QED) is 0.337. The largest absolute Gasteiger partial charge is 0.497 e. The number of halogens is 1. The average molecular weight is 335 g/mol. The molecule has 0 radical (unpaired) electrons. The van der Waals surface area contributed by atoms with Gasteiger partial charge in [-0.1, -0.05) is 22.8 Å². The molecule has 7 heteroatoms. The van der Waals surface area contributed by atoms with Gasteiger partial charge in [0.15, 0.2) is 0 Å². The molecule has 2 rings (SSSR count). The van der Waals surface area contributed by atoms with Crippen molar-refractivity contribution < 1.29 is 19.1 Å². The van der Waals surface area contributed by atoms with E-state index in [1.54, 1.807) is 31.4 Å². The molecule has 1 aromatic heterocycles. The molecule has 0 amide bonds. The molecule has 0 spiro atoms. The summed E-state index contributed by atoms with van der Waals surface area (Å²) in [4.78, 5) is 20.3. The zero-order chi connectivity index (χ0) is 16.5. The molecule has 0 aliphatic heterocycles. The maximum Gasteiger partial charge on any atom is 0.347 e. The fourth-order valence-corrected chi connectivity index (χ4v) is 1.69. The minimum Gasteiger partial charge on any atom is -0.497 e. The molecule has 1 heterocycles. The highest BCUT2D eigenvalue weighted by atomic mass is 35.5. The number of hydrogen-bond donors (Lipinski definition) is 0. The topological polar surface area (TPSA) is 70.0 Å². The maximum atomic E-state index is 11.5. The van der Waals surface area contributed by atoms with Gasteiger partial charge in [-0.15, -0.1) is 0 Å². The lowest BCUT2D eigenvalue weighted by atomic mass is 10.2. The molecule has 0 atom stereocenters. The number of carbonyl (C=O) groups is 1. The van der Waals surface area contributed by atoms with Gasteiger partial charge in [0.2, 0.25) is 6.61 Å². The predicted molar refractivity (Wildman–Crippen MR) is 85.6 cm³/mol. The summed E-state index contributed by atoms with van der Waals surface area (Å²) >= 11 is 5.66. The smallest absolute Gasteiger partial charge is 0.347 e. The molecule has 0 saturated carbocycles. The summed E-state index contributed by atoms with van der Waals surface area (Å²) < 4.78 is 10.1. The van der Waals surface area contributed by atoms with Gasteiger partial charge in [-0.25, -0.2) is 9.78 Å². The first-order valence-electron chi connectivity index (χ1n) is 6.73. The number of rotatable bonds is 7. The van der Waals surface area contributed by atoms with Crippen LogP contribution in [0.3, 0.4) is 0 Å². The first-order chi connectivity index (χ1) is 11.2. The Hall–Kier alpha value is -2.60. The fourth-order valence-electron chi connectivity index (χ4n) is 1.58. The number of ether oxygens (including phenoxy) is 2. The number of pyridine rings is 1. The van der Waals surface area contributed by atoms with Crippen molar-refractivity contribution in [2.75, 3.05) is 13.7 Å². The van der Waals surface area contributed by atoms with Gasteiger partial charge in [0.25, 0.3) is 0 Å². The van der Waals surface area contributed by atoms with Gasteiger partial charge < -0.3 is 14.3 Å². The minimum atomic E-state index is -0.521. The Morgan fingerprint density at radius 1 is 1.26 bits per heavy atom. The van der Waals surface area contributed by atoms with Crippen molar-refractivity contribution in [2.24, 2.45) is 5.16 Å². The van der Waals surface area contributed by atoms with Crippen LogP contribution in [0.4, 0.5) is 0 Å². The molecule has 6 nitrogen and oxygen atoms in total. The monoisotopic (exact) mass is 334 g/mol. The Kier molecular flexibility index (Phi) is 6.38. The highest BCUT2D eigenvalue weighted by Gasteiger charge is 2.04. The minimum absolute atomic E-state index is 0.106. The van der Waals surface area contributed by atoms with Crippen LogP contribution in [0.5, 0.6) is 5.75 Å². The van der Waals surface area contributed by atoms with Crippen molar-refractivity contribution in [3.05, 3.63) is 58.9 Å². The van der Waals surface area contributed by atoms with Crippen molar-refractivity contribution >= 4 is 23.8 Å². The number of nitrogens with zero attached hydrogens (tertiary/aromatic N) is 2. The van der Waals surface area contributed by atoms with Crippen molar-refractivity contribution in [1.29, 1.82) is 0 Å². The van der Waals surface area contributed by atoms with Gasteiger partial charge >= 0.3 is 5.97 Å². The summed E-state index contributed by atoms with van der Waals surface area (Å²) in [5.41, 5.74) is 1.57. The molecule has 0 aliphatic rings. The third-order valence-electron chi connectivity index (χ3n) is 2.76. The van der Waals surface area contributed by atoms with Gasteiger partial charge in [0.05, 0.1) is 13.3 Å². The first kappa shape index (κ1) is 16.8. The SMILES string of the molecule is COc1ccc(/C=N/OCC(=O)OCc2ccc(Cl)nc2)cc1. The fraction of sp³-hybridized carbons (Fsp3) is 0.188. The Bertz CT molecular complexity index is 657. The second-order valence-electron chi connectivity index (χ2n) is 4.43. The molecule has 0 saturated heterocycles. The average Bonchev–Trinajstić information content (AvgIpc) is 2.59. The van der Waals surface area contributed by atoms with E-state index in [4.69, 9.17) is 25.9 Å². The van der Waals surface area contributed by atoms with Crippen molar-refractivity contribution in [1.82, 2.24) is 4.98 Å². The second kappa shape index (κ2) is 8.75. The van der Waals surface area contributed by atoms with Crippen LogP contribution < -0.4 is 4.74 Å². The van der Waals surface area contributed by atoms with Gasteiger partial charge in [-0.3, -0.25) is 0 Å². The van der Waals surface area contributed by atoms with Gasteiger partial charge in [0.1, 0.15) is 17.5 Å². The Morgan fingerprint density at radius 3 is 2.70 bits per heavy atom. The number of hydrogen-bond acceptors (Lipinski definition) is 6. The van der Waals surface area contributed by atoms with E-state index < -0.39 is 5.97 Å². The summed E-state index contributed by atoms with van der Waals surface area (Å²) in [6.07, 6.45) is 3.04. The number of carbonyl (C=O) groups excluding carboxylic acids is 1. The van der Waals surface area contributed by atoms with Crippen molar-refractivity contribution in [3.8, 4) is 5.75 Å². The molecule has 120 valence electrons. The third kappa shape index (κ3) is 5.96. The number of esters is 1. The van der Waals surface area contributed by atoms with Crippen LogP contribution in [0.25, 0.3) is 0 Å². The Morgan fingerprint density at radius 2 is 2.04 bits per heavy atom. The van der Waals surface area contributed by atoms with E-state index in [0.29, 0.717) is 5.15 Å². The van der Waals surface area contributed by atoms with Crippen LogP contribution in [0, 0.1) is 0 Å². The van der Waals surface area contributed by atoms with Crippen LogP contribution in [-0.4, -0.2) is 30.9 Å². The molecular formula is C16H15ClN2O4. The zero-order valence-corrected chi connectivity index (χ0v) is 13.2. The maximum absolute atomic E-state index is 11.5. The van der Waals surface area contributed by atoms with Crippen molar-refractivity contribution in [2.45, 2.75) is 6.61 Å². The lowest BCUT2D eigenvalue weighted by molar-refractivity contribution is -0.150. The number of methoxy groups -OCH3 is 1. The molecule has 0 unspecified atom stereocenters. The summed E-state index contributed by atoms with van der Waals surface area (Å²) in [5.74, 6) is 0.232. The predicted octanol–water partition coefficient (Wildman–Crippen LogP) is 2.84. The summed E-state index contributed by atoms with van der Waals surface area (Å²) in [6, 6.07) is 10.6. The summed E-state index contributed by atoms with van der Waals surface area (Å²) in [6.45, 7) is -0.164. The van der Waals surface area contributed by atoms with Crippen LogP contribution in [-0.2, 0) is 21.0 Å². The summed E-state index contributed by atoms with van der Waals surface area (Å²) in [5, 5.41) is 4.09. The van der Waals surface area contributed by atoms with Crippen LogP contribution in [0.2, 0.25) is 5.15 Å². The van der Waals surface area contributed by atoms with E-state index in [0.717, 1.165) is 16.9 Å². The van der Waals surface area contributed by atoms with E-state index in [9.17, 15) is 4.79 Å². The molecule has 1 aromatic carbocycles. The molecule has 2 aromatic rings. The van der Waals surface area contributed by atoms with E-state index >= 15 is 0 Å². The highest BCUT2D eigenvalue weighted by Crippen LogP contribution is 2.10. The number of benzene rings is 1. The van der Waals surface area contributed by atoms with Crippen LogP contribution in [0.1, 0.15) is 11.1 Å². The van der Waals surface area contributed by atoms with Crippen LogP contribution >= 0.6 is 11.6 Å². The summed E-state index contributed by atoms with van der Waals surface area (Å²) in [7, 11) is 1.60. The van der Waals surface area contributed by atoms with Gasteiger partial charge in [0, 0.05) is 11.8 Å². The molecule has 0 bridgehead atoms.